The molecule has 0 saturated carbocycles. The van der Waals surface area contributed by atoms with Crippen molar-refractivity contribution in [2.24, 2.45) is 5.73 Å². The van der Waals surface area contributed by atoms with Gasteiger partial charge in [0.1, 0.15) is 11.7 Å². The number of nitrogens with two attached hydrogens (primary N) is 1. The summed E-state index contributed by atoms with van der Waals surface area (Å²) in [4.78, 5) is 44.2. The SMILES string of the molecule is NC(=O)C(=O)C(Cc1cscn1)NC(=O)c1ccnn1-c1ccccn1. The molecule has 3 N–H and O–H groups in total. The van der Waals surface area contributed by atoms with Gasteiger partial charge in [-0.2, -0.15) is 5.10 Å². The lowest BCUT2D eigenvalue weighted by Crippen LogP contribution is -2.47. The number of primary amides is 1. The lowest BCUT2D eigenvalue weighted by atomic mass is 10.1. The van der Waals surface area contributed by atoms with Gasteiger partial charge in [-0.1, -0.05) is 6.07 Å². The highest BCUT2D eigenvalue weighted by molar-refractivity contribution is 7.07. The third-order valence-electron chi connectivity index (χ3n) is 3.50. The molecule has 0 aliphatic rings. The van der Waals surface area contributed by atoms with Crippen LogP contribution in [0.1, 0.15) is 16.2 Å². The number of nitrogens with one attached hydrogen (secondary N) is 1. The number of ketones is 1. The minimum absolute atomic E-state index is 0.0642. The summed E-state index contributed by atoms with van der Waals surface area (Å²) in [5, 5.41) is 8.34. The Balaban J connectivity index is 1.83. The van der Waals surface area contributed by atoms with E-state index in [-0.39, 0.29) is 12.1 Å². The first-order valence-corrected chi connectivity index (χ1v) is 8.47. The topological polar surface area (TPSA) is 133 Å². The first kappa shape index (κ1) is 17.4. The maximum absolute atomic E-state index is 12.6. The van der Waals surface area contributed by atoms with Crippen LogP contribution in [-0.4, -0.2) is 43.4 Å². The van der Waals surface area contributed by atoms with Gasteiger partial charge >= 0.3 is 0 Å². The maximum atomic E-state index is 12.6. The zero-order chi connectivity index (χ0) is 18.5. The highest BCUT2D eigenvalue weighted by atomic mass is 32.1. The molecule has 0 aliphatic heterocycles. The molecular weight excluding hydrogens is 356 g/mol. The number of Topliss-reactive ketones (excluding diaryl/α,β-unsaturated/α-hetero) is 1. The van der Waals surface area contributed by atoms with Crippen molar-refractivity contribution in [2.45, 2.75) is 12.5 Å². The fraction of sp³-hybridized carbons (Fsp3) is 0.125. The molecule has 0 radical (unpaired) electrons. The Morgan fingerprint density at radius 3 is 2.69 bits per heavy atom. The molecule has 3 rings (SSSR count). The van der Waals surface area contributed by atoms with Gasteiger partial charge in [-0.15, -0.1) is 11.3 Å². The highest BCUT2D eigenvalue weighted by Gasteiger charge is 2.27. The lowest BCUT2D eigenvalue weighted by Gasteiger charge is -2.15. The van der Waals surface area contributed by atoms with Crippen LogP contribution < -0.4 is 11.1 Å². The number of rotatable bonds is 7. The molecule has 3 heterocycles. The van der Waals surface area contributed by atoms with Crippen molar-refractivity contribution in [3.8, 4) is 5.82 Å². The van der Waals surface area contributed by atoms with Crippen molar-refractivity contribution >= 4 is 28.9 Å². The Kier molecular flexibility index (Phi) is 5.13. The van der Waals surface area contributed by atoms with Crippen LogP contribution in [0.25, 0.3) is 5.82 Å². The molecule has 0 saturated heterocycles. The average Bonchev–Trinajstić information content (AvgIpc) is 3.32. The maximum Gasteiger partial charge on any atom is 0.287 e. The summed E-state index contributed by atoms with van der Waals surface area (Å²) < 4.78 is 1.34. The van der Waals surface area contributed by atoms with Gasteiger partial charge in [-0.05, 0) is 18.2 Å². The first-order chi connectivity index (χ1) is 12.6. The van der Waals surface area contributed by atoms with Crippen LogP contribution in [0, 0.1) is 0 Å². The van der Waals surface area contributed by atoms with Crippen molar-refractivity contribution in [2.75, 3.05) is 0 Å². The second kappa shape index (κ2) is 7.66. The molecule has 0 fully saturated rings. The van der Waals surface area contributed by atoms with E-state index in [0.717, 1.165) is 0 Å². The minimum atomic E-state index is -1.12. The molecular formula is C16H14N6O3S. The summed E-state index contributed by atoms with van der Waals surface area (Å²) in [5.74, 6) is -2.15. The average molecular weight is 370 g/mol. The number of thiazole rings is 1. The molecule has 10 heteroatoms. The number of hydrogen-bond donors (Lipinski definition) is 2. The Bertz CT molecular complexity index is 923. The van der Waals surface area contributed by atoms with E-state index in [1.165, 1.54) is 28.3 Å². The number of aromatic nitrogens is 4. The number of hydrogen-bond acceptors (Lipinski definition) is 7. The van der Waals surface area contributed by atoms with E-state index in [1.807, 2.05) is 0 Å². The quantitative estimate of drug-likeness (QED) is 0.568. The minimum Gasteiger partial charge on any atom is -0.363 e. The van der Waals surface area contributed by atoms with Crippen molar-refractivity contribution in [3.05, 3.63) is 58.9 Å². The second-order valence-corrected chi connectivity index (χ2v) is 5.97. The zero-order valence-electron chi connectivity index (χ0n) is 13.4. The molecule has 1 unspecified atom stereocenters. The number of nitrogens with zero attached hydrogens (tertiary/aromatic N) is 4. The van der Waals surface area contributed by atoms with Crippen molar-refractivity contribution in [1.29, 1.82) is 0 Å². The van der Waals surface area contributed by atoms with Gasteiger partial charge in [-0.25, -0.2) is 14.6 Å². The van der Waals surface area contributed by atoms with Gasteiger partial charge in [0.25, 0.3) is 11.8 Å². The fourth-order valence-corrected chi connectivity index (χ4v) is 2.87. The van der Waals surface area contributed by atoms with E-state index < -0.39 is 23.6 Å². The highest BCUT2D eigenvalue weighted by Crippen LogP contribution is 2.10. The molecule has 0 aromatic carbocycles. The Morgan fingerprint density at radius 1 is 1.19 bits per heavy atom. The lowest BCUT2D eigenvalue weighted by molar-refractivity contribution is -0.137. The second-order valence-electron chi connectivity index (χ2n) is 5.25. The van der Waals surface area contributed by atoms with E-state index in [4.69, 9.17) is 5.73 Å². The monoisotopic (exact) mass is 370 g/mol. The summed E-state index contributed by atoms with van der Waals surface area (Å²) >= 11 is 1.34. The van der Waals surface area contributed by atoms with Crippen LogP contribution in [0.4, 0.5) is 0 Å². The van der Waals surface area contributed by atoms with Gasteiger partial charge < -0.3 is 11.1 Å². The summed E-state index contributed by atoms with van der Waals surface area (Å²) in [7, 11) is 0. The van der Waals surface area contributed by atoms with Gasteiger partial charge in [0.2, 0.25) is 5.78 Å². The Morgan fingerprint density at radius 2 is 2.04 bits per heavy atom. The number of pyridine rings is 1. The zero-order valence-corrected chi connectivity index (χ0v) is 14.2. The van der Waals surface area contributed by atoms with Gasteiger partial charge in [-0.3, -0.25) is 14.4 Å². The van der Waals surface area contributed by atoms with Crippen LogP contribution in [-0.2, 0) is 16.0 Å². The van der Waals surface area contributed by atoms with Crippen molar-refractivity contribution < 1.29 is 14.4 Å². The molecule has 3 aromatic heterocycles. The first-order valence-electron chi connectivity index (χ1n) is 7.53. The number of carbonyl (C=O) groups excluding carboxylic acids is 3. The summed E-state index contributed by atoms with van der Waals surface area (Å²) in [6.45, 7) is 0. The third-order valence-corrected chi connectivity index (χ3v) is 4.14. The van der Waals surface area contributed by atoms with Crippen LogP contribution >= 0.6 is 11.3 Å². The predicted octanol–water partition coefficient (Wildman–Crippen LogP) is 0.119. The molecule has 0 aliphatic carbocycles. The largest absolute Gasteiger partial charge is 0.363 e. The molecule has 1 atom stereocenters. The molecule has 26 heavy (non-hydrogen) atoms. The molecule has 0 bridgehead atoms. The Hall–Kier alpha value is -3.40. The summed E-state index contributed by atoms with van der Waals surface area (Å²) in [6, 6.07) is 5.55. The summed E-state index contributed by atoms with van der Waals surface area (Å²) in [5.41, 5.74) is 7.44. The van der Waals surface area contributed by atoms with E-state index in [1.54, 1.807) is 35.3 Å². The van der Waals surface area contributed by atoms with E-state index in [0.29, 0.717) is 11.5 Å². The smallest absolute Gasteiger partial charge is 0.287 e. The van der Waals surface area contributed by atoms with E-state index >= 15 is 0 Å². The molecule has 132 valence electrons. The van der Waals surface area contributed by atoms with Crippen LogP contribution in [0.3, 0.4) is 0 Å². The van der Waals surface area contributed by atoms with Crippen molar-refractivity contribution in [1.82, 2.24) is 25.1 Å². The van der Waals surface area contributed by atoms with Crippen LogP contribution in [0.2, 0.25) is 0 Å². The number of carbonyl (C=O) groups is 3. The summed E-state index contributed by atoms with van der Waals surface area (Å²) in [6.07, 6.45) is 3.07. The van der Waals surface area contributed by atoms with Crippen LogP contribution in [0.5, 0.6) is 0 Å². The van der Waals surface area contributed by atoms with Crippen LogP contribution in [0.15, 0.2) is 47.5 Å². The fourth-order valence-electron chi connectivity index (χ4n) is 2.30. The van der Waals surface area contributed by atoms with Crippen molar-refractivity contribution in [3.63, 3.8) is 0 Å². The molecule has 2 amide bonds. The van der Waals surface area contributed by atoms with Gasteiger partial charge in [0.15, 0.2) is 5.82 Å². The molecule has 9 nitrogen and oxygen atoms in total. The predicted molar refractivity (Wildman–Crippen MR) is 92.6 cm³/mol. The number of amides is 2. The standard InChI is InChI=1S/C16H14N6O3S/c17-15(24)14(23)11(7-10-8-26-9-19-10)21-16(25)12-4-6-20-22(12)13-3-1-2-5-18-13/h1-6,8-9,11H,7H2,(H2,17,24)(H,21,25). The van der Waals surface area contributed by atoms with E-state index in [9.17, 15) is 14.4 Å². The third kappa shape index (κ3) is 3.81. The molecule has 3 aromatic rings. The van der Waals surface area contributed by atoms with Gasteiger partial charge in [0.05, 0.1) is 17.4 Å². The normalized spacial score (nSPS) is 11.7. The Labute approximate surface area is 151 Å². The van der Waals surface area contributed by atoms with Gasteiger partial charge in [0, 0.05) is 18.0 Å². The molecule has 0 spiro atoms. The van der Waals surface area contributed by atoms with E-state index in [2.05, 4.69) is 20.4 Å².